The van der Waals surface area contributed by atoms with Gasteiger partial charge in [-0.15, -0.1) is 0 Å². The maximum atomic E-state index is 12.2. The Labute approximate surface area is 190 Å². The van der Waals surface area contributed by atoms with Crippen LogP contribution in [0.4, 0.5) is 0 Å². The lowest BCUT2D eigenvalue weighted by Gasteiger charge is -2.20. The summed E-state index contributed by atoms with van der Waals surface area (Å²) in [6.45, 7) is 1.62. The molecule has 32 heavy (non-hydrogen) atoms. The number of carbonyl (C=O) groups is 2. The molecule has 0 saturated carbocycles. The number of aromatic nitrogens is 1. The third-order valence-electron chi connectivity index (χ3n) is 5.78. The second-order valence-electron chi connectivity index (χ2n) is 8.07. The molecule has 3 aromatic rings. The predicted octanol–water partition coefficient (Wildman–Crippen LogP) is 3.94. The molecule has 1 N–H and O–H groups in total. The molecule has 1 amide bonds. The van der Waals surface area contributed by atoms with Gasteiger partial charge in [0, 0.05) is 17.6 Å². The van der Waals surface area contributed by atoms with E-state index in [1.165, 1.54) is 28.5 Å². The van der Waals surface area contributed by atoms with Gasteiger partial charge >= 0.3 is 11.7 Å². The van der Waals surface area contributed by atoms with Crippen molar-refractivity contribution in [3.05, 3.63) is 68.7 Å². The number of aryl methyl sites for hydroxylation is 3. The van der Waals surface area contributed by atoms with Gasteiger partial charge in [-0.1, -0.05) is 29.8 Å². The minimum absolute atomic E-state index is 0.0647. The van der Waals surface area contributed by atoms with Crippen molar-refractivity contribution in [3.63, 3.8) is 0 Å². The molecule has 1 unspecified atom stereocenters. The summed E-state index contributed by atoms with van der Waals surface area (Å²) < 4.78 is 11.6. The molecule has 8 heteroatoms. The van der Waals surface area contributed by atoms with E-state index in [0.29, 0.717) is 16.1 Å². The molecule has 0 aliphatic heterocycles. The predicted molar refractivity (Wildman–Crippen MR) is 121 cm³/mol. The summed E-state index contributed by atoms with van der Waals surface area (Å²) >= 11 is 5.90. The van der Waals surface area contributed by atoms with E-state index in [1.54, 1.807) is 18.2 Å². The van der Waals surface area contributed by atoms with Gasteiger partial charge in [0.05, 0.1) is 18.0 Å². The van der Waals surface area contributed by atoms with Crippen molar-refractivity contribution in [1.82, 2.24) is 9.88 Å². The van der Waals surface area contributed by atoms with E-state index in [9.17, 15) is 14.4 Å². The van der Waals surface area contributed by atoms with Crippen LogP contribution in [0.3, 0.4) is 0 Å². The average Bonchev–Trinajstić information content (AvgIpc) is 3.09. The molecular weight excluding hydrogens is 432 g/mol. The Balaban J connectivity index is 1.26. The number of amides is 1. The van der Waals surface area contributed by atoms with Crippen LogP contribution < -0.4 is 11.1 Å². The van der Waals surface area contributed by atoms with Crippen molar-refractivity contribution in [3.8, 4) is 0 Å². The molecule has 4 rings (SSSR count). The summed E-state index contributed by atoms with van der Waals surface area (Å²) in [6.07, 6.45) is 4.54. The number of rotatable bonds is 7. The van der Waals surface area contributed by atoms with Crippen LogP contribution in [0.2, 0.25) is 5.02 Å². The minimum Gasteiger partial charge on any atom is -0.456 e. The monoisotopic (exact) mass is 456 g/mol. The molecule has 168 valence electrons. The van der Waals surface area contributed by atoms with E-state index in [-0.39, 0.29) is 31.5 Å². The highest BCUT2D eigenvalue weighted by Crippen LogP contribution is 2.24. The van der Waals surface area contributed by atoms with Crippen molar-refractivity contribution in [2.24, 2.45) is 0 Å². The van der Waals surface area contributed by atoms with E-state index in [1.807, 2.05) is 13.0 Å². The van der Waals surface area contributed by atoms with E-state index in [0.717, 1.165) is 18.4 Å². The van der Waals surface area contributed by atoms with Crippen LogP contribution in [0.25, 0.3) is 11.1 Å². The van der Waals surface area contributed by atoms with Crippen LogP contribution in [0.5, 0.6) is 0 Å². The first-order valence-electron chi connectivity index (χ1n) is 10.8. The molecule has 1 atom stereocenters. The molecule has 2 aromatic carbocycles. The van der Waals surface area contributed by atoms with Crippen LogP contribution in [0.15, 0.2) is 45.6 Å². The van der Waals surface area contributed by atoms with Gasteiger partial charge in [-0.05, 0) is 61.4 Å². The summed E-state index contributed by atoms with van der Waals surface area (Å²) in [6, 6.07) is 11.0. The first-order valence-corrected chi connectivity index (χ1v) is 11.1. The number of hydrogen-bond donors (Lipinski definition) is 1. The first-order chi connectivity index (χ1) is 15.4. The normalized spacial score (nSPS) is 14.1. The number of ether oxygens (including phenoxy) is 1. The summed E-state index contributed by atoms with van der Waals surface area (Å²) in [4.78, 5) is 36.3. The summed E-state index contributed by atoms with van der Waals surface area (Å²) in [5, 5.41) is 3.32. The first kappa shape index (κ1) is 22.1. The second kappa shape index (κ2) is 9.61. The second-order valence-corrected chi connectivity index (χ2v) is 8.50. The topological polar surface area (TPSA) is 90.5 Å². The Morgan fingerprint density at radius 2 is 1.94 bits per heavy atom. The standard InChI is InChI=1S/C24H25ClN2O5/c1-15(17-7-6-16-4-2-3-5-18(16)12-17)26-22(28)14-31-23(29)10-11-27-20-9-8-19(25)13-21(20)32-24(27)30/h6-9,12-13,15H,2-5,10-11,14H2,1H3,(H,26,28). The van der Waals surface area contributed by atoms with Crippen LogP contribution in [0, 0.1) is 0 Å². The highest BCUT2D eigenvalue weighted by molar-refractivity contribution is 6.31. The third-order valence-corrected chi connectivity index (χ3v) is 6.02. The Morgan fingerprint density at radius 1 is 1.16 bits per heavy atom. The molecule has 0 bridgehead atoms. The van der Waals surface area contributed by atoms with Crippen molar-refractivity contribution >= 4 is 34.6 Å². The Morgan fingerprint density at radius 3 is 2.75 bits per heavy atom. The lowest BCUT2D eigenvalue weighted by atomic mass is 9.89. The Kier molecular flexibility index (Phi) is 6.65. The van der Waals surface area contributed by atoms with Gasteiger partial charge in [-0.25, -0.2) is 4.79 Å². The zero-order valence-electron chi connectivity index (χ0n) is 17.9. The number of nitrogens with one attached hydrogen (secondary N) is 1. The van der Waals surface area contributed by atoms with Gasteiger partial charge < -0.3 is 14.5 Å². The van der Waals surface area contributed by atoms with E-state index >= 15 is 0 Å². The van der Waals surface area contributed by atoms with Crippen molar-refractivity contribution in [2.45, 2.75) is 51.6 Å². The quantitative estimate of drug-likeness (QED) is 0.544. The van der Waals surface area contributed by atoms with Crippen molar-refractivity contribution in [2.75, 3.05) is 6.61 Å². The lowest BCUT2D eigenvalue weighted by molar-refractivity contribution is -0.148. The Hall–Kier alpha value is -3.06. The molecule has 0 fully saturated rings. The van der Waals surface area contributed by atoms with E-state index in [2.05, 4.69) is 17.4 Å². The van der Waals surface area contributed by atoms with Gasteiger partial charge in [-0.3, -0.25) is 14.2 Å². The van der Waals surface area contributed by atoms with Gasteiger partial charge in [0.25, 0.3) is 5.91 Å². The smallest absolute Gasteiger partial charge is 0.419 e. The fourth-order valence-corrected chi connectivity index (χ4v) is 4.22. The van der Waals surface area contributed by atoms with Gasteiger partial charge in [0.1, 0.15) is 0 Å². The highest BCUT2D eigenvalue weighted by atomic mass is 35.5. The number of hydrogen-bond acceptors (Lipinski definition) is 5. The molecule has 7 nitrogen and oxygen atoms in total. The molecule has 0 saturated heterocycles. The zero-order valence-corrected chi connectivity index (χ0v) is 18.6. The van der Waals surface area contributed by atoms with Crippen LogP contribution in [0.1, 0.15) is 48.9 Å². The maximum Gasteiger partial charge on any atom is 0.419 e. The molecule has 1 aliphatic carbocycles. The van der Waals surface area contributed by atoms with Crippen molar-refractivity contribution < 1.29 is 18.7 Å². The largest absolute Gasteiger partial charge is 0.456 e. The average molecular weight is 457 g/mol. The molecule has 1 aromatic heterocycles. The summed E-state index contributed by atoms with van der Waals surface area (Å²) in [5.74, 6) is -1.52. The minimum atomic E-state index is -0.577. The van der Waals surface area contributed by atoms with E-state index in [4.69, 9.17) is 20.8 Å². The SMILES string of the molecule is CC(NC(=O)COC(=O)CCn1c(=O)oc2cc(Cl)ccc21)c1ccc2c(c1)CCCC2. The lowest BCUT2D eigenvalue weighted by Crippen LogP contribution is -2.31. The highest BCUT2D eigenvalue weighted by Gasteiger charge is 2.16. The van der Waals surface area contributed by atoms with Gasteiger partial charge in [0.15, 0.2) is 12.2 Å². The number of carbonyl (C=O) groups excluding carboxylic acids is 2. The molecular formula is C24H25ClN2O5. The van der Waals surface area contributed by atoms with Crippen molar-refractivity contribution in [1.29, 1.82) is 0 Å². The zero-order chi connectivity index (χ0) is 22.7. The van der Waals surface area contributed by atoms with Crippen LogP contribution in [-0.2, 0) is 33.7 Å². The Bertz CT molecular complexity index is 1210. The summed E-state index contributed by atoms with van der Waals surface area (Å²) in [7, 11) is 0. The molecule has 0 radical (unpaired) electrons. The maximum absolute atomic E-state index is 12.2. The fraction of sp³-hybridized carbons (Fsp3) is 0.375. The van der Waals surface area contributed by atoms with Crippen LogP contribution >= 0.6 is 11.6 Å². The molecule has 1 aliphatic rings. The molecule has 1 heterocycles. The van der Waals surface area contributed by atoms with E-state index < -0.39 is 11.7 Å². The van der Waals surface area contributed by atoms with Gasteiger partial charge in [0.2, 0.25) is 0 Å². The summed E-state index contributed by atoms with van der Waals surface area (Å²) in [5.41, 5.74) is 4.68. The number of fused-ring (bicyclic) bond motifs is 2. The van der Waals surface area contributed by atoms with Crippen LogP contribution in [-0.4, -0.2) is 23.1 Å². The fourth-order valence-electron chi connectivity index (χ4n) is 4.06. The number of nitrogens with zero attached hydrogens (tertiary/aromatic N) is 1. The number of oxazole rings is 1. The van der Waals surface area contributed by atoms with Gasteiger partial charge in [-0.2, -0.15) is 0 Å². The third kappa shape index (κ3) is 5.05. The number of esters is 1. The number of benzene rings is 2. The molecule has 0 spiro atoms. The number of halogens is 1.